The van der Waals surface area contributed by atoms with Crippen molar-refractivity contribution in [2.45, 2.75) is 33.2 Å². The van der Waals surface area contributed by atoms with Gasteiger partial charge in [-0.2, -0.15) is 0 Å². The molecular formula is C12H20N2O. The van der Waals surface area contributed by atoms with Gasteiger partial charge in [-0.15, -0.1) is 6.42 Å². The van der Waals surface area contributed by atoms with E-state index in [4.69, 9.17) is 6.42 Å². The Bertz CT molecular complexity index is 267. The van der Waals surface area contributed by atoms with E-state index in [9.17, 15) is 4.79 Å². The van der Waals surface area contributed by atoms with Gasteiger partial charge < -0.3 is 10.2 Å². The zero-order valence-corrected chi connectivity index (χ0v) is 9.79. The minimum absolute atomic E-state index is 0.0398. The quantitative estimate of drug-likeness (QED) is 0.701. The highest BCUT2D eigenvalue weighted by atomic mass is 16.2. The third kappa shape index (κ3) is 3.47. The van der Waals surface area contributed by atoms with Crippen LogP contribution in [0, 0.1) is 24.2 Å². The summed E-state index contributed by atoms with van der Waals surface area (Å²) in [5, 5.41) is 2.71. The maximum atomic E-state index is 11.7. The Hall–Kier alpha value is -1.17. The Kier molecular flexibility index (Phi) is 4.02. The molecule has 0 aromatic heterocycles. The highest BCUT2D eigenvalue weighted by Gasteiger charge is 2.35. The van der Waals surface area contributed by atoms with Crippen molar-refractivity contribution in [1.29, 1.82) is 0 Å². The van der Waals surface area contributed by atoms with Gasteiger partial charge in [0.05, 0.1) is 6.54 Å². The molecule has 1 aliphatic carbocycles. The molecule has 1 rings (SSSR count). The number of amides is 2. The van der Waals surface area contributed by atoms with E-state index >= 15 is 0 Å². The van der Waals surface area contributed by atoms with Crippen LogP contribution < -0.4 is 5.32 Å². The lowest BCUT2D eigenvalue weighted by Crippen LogP contribution is -2.45. The van der Waals surface area contributed by atoms with E-state index in [1.807, 2.05) is 18.7 Å². The van der Waals surface area contributed by atoms with Crippen molar-refractivity contribution >= 4 is 6.03 Å². The summed E-state index contributed by atoms with van der Waals surface area (Å²) in [7, 11) is 0. The van der Waals surface area contributed by atoms with Gasteiger partial charge in [0.1, 0.15) is 0 Å². The van der Waals surface area contributed by atoms with Crippen LogP contribution in [0.4, 0.5) is 4.79 Å². The number of urea groups is 1. The lowest BCUT2D eigenvalue weighted by atomic mass is 10.2. The van der Waals surface area contributed by atoms with E-state index in [1.54, 1.807) is 0 Å². The molecule has 1 N–H and O–H groups in total. The Balaban J connectivity index is 2.42. The first-order chi connectivity index (χ1) is 7.06. The first-order valence-electron chi connectivity index (χ1n) is 5.54. The van der Waals surface area contributed by atoms with E-state index in [1.165, 1.54) is 6.42 Å². The van der Waals surface area contributed by atoms with Gasteiger partial charge in [-0.25, -0.2) is 4.79 Å². The molecule has 3 nitrogen and oxygen atoms in total. The van der Waals surface area contributed by atoms with Crippen molar-refractivity contribution in [2.75, 3.05) is 13.1 Å². The van der Waals surface area contributed by atoms with Gasteiger partial charge in [-0.1, -0.05) is 12.8 Å². The van der Waals surface area contributed by atoms with Crippen LogP contribution in [-0.4, -0.2) is 30.1 Å². The van der Waals surface area contributed by atoms with Crippen LogP contribution in [0.25, 0.3) is 0 Å². The molecule has 1 fully saturated rings. The van der Waals surface area contributed by atoms with Crippen LogP contribution in [0.15, 0.2) is 0 Å². The van der Waals surface area contributed by atoms with Crippen LogP contribution in [0.3, 0.4) is 0 Å². The van der Waals surface area contributed by atoms with Gasteiger partial charge in [-0.05, 0) is 32.1 Å². The van der Waals surface area contributed by atoms with Crippen LogP contribution in [-0.2, 0) is 0 Å². The second-order valence-corrected chi connectivity index (χ2v) is 4.58. The molecule has 0 aliphatic heterocycles. The van der Waals surface area contributed by atoms with E-state index in [0.29, 0.717) is 12.5 Å². The second-order valence-electron chi connectivity index (χ2n) is 4.58. The lowest BCUT2D eigenvalue weighted by Gasteiger charge is -2.26. The van der Waals surface area contributed by atoms with Crippen LogP contribution in [0.5, 0.6) is 0 Å². The third-order valence-electron chi connectivity index (χ3n) is 2.93. The molecule has 84 valence electrons. The molecule has 0 saturated heterocycles. The molecule has 0 radical (unpaired) electrons. The molecule has 2 amide bonds. The molecular weight excluding hydrogens is 188 g/mol. The fourth-order valence-corrected chi connectivity index (χ4v) is 1.66. The first-order valence-corrected chi connectivity index (χ1v) is 5.54. The normalized spacial score (nSPS) is 23.4. The number of terminal acetylenes is 1. The predicted molar refractivity (Wildman–Crippen MR) is 61.3 cm³/mol. The van der Waals surface area contributed by atoms with Crippen LogP contribution in [0.1, 0.15) is 27.2 Å². The van der Waals surface area contributed by atoms with Gasteiger partial charge in [0.2, 0.25) is 0 Å². The first kappa shape index (κ1) is 11.9. The molecule has 0 aromatic carbocycles. The predicted octanol–water partition coefficient (Wildman–Crippen LogP) is 1.70. The largest absolute Gasteiger partial charge is 0.327 e. The minimum Gasteiger partial charge on any atom is -0.327 e. The Labute approximate surface area is 92.2 Å². The molecule has 2 atom stereocenters. The summed E-state index contributed by atoms with van der Waals surface area (Å²) in [6, 6.07) is 0.192. The smallest absolute Gasteiger partial charge is 0.318 e. The van der Waals surface area contributed by atoms with Gasteiger partial charge in [0.25, 0.3) is 0 Å². The van der Waals surface area contributed by atoms with Crippen LogP contribution in [0.2, 0.25) is 0 Å². The van der Waals surface area contributed by atoms with Crippen molar-refractivity contribution in [3.8, 4) is 12.3 Å². The zero-order valence-electron chi connectivity index (χ0n) is 9.79. The zero-order chi connectivity index (χ0) is 11.4. The average molecular weight is 208 g/mol. The number of nitrogens with one attached hydrogen (secondary N) is 1. The lowest BCUT2D eigenvalue weighted by molar-refractivity contribution is 0.180. The standard InChI is InChI=1S/C12H20N2O/c1-5-6-13-12(15)14(9(2)3)8-11-7-10(11)4/h1,9-11H,6-8H2,2-4H3,(H,13,15)/t10-,11-/m1/s1. The summed E-state index contributed by atoms with van der Waals surface area (Å²) >= 11 is 0. The van der Waals surface area contributed by atoms with E-state index in [0.717, 1.165) is 12.5 Å². The van der Waals surface area contributed by atoms with E-state index < -0.39 is 0 Å². The summed E-state index contributed by atoms with van der Waals surface area (Å²) in [5.74, 6) is 3.87. The Morgan fingerprint density at radius 2 is 2.27 bits per heavy atom. The van der Waals surface area contributed by atoms with Crippen molar-refractivity contribution in [2.24, 2.45) is 11.8 Å². The van der Waals surface area contributed by atoms with Crippen molar-refractivity contribution < 1.29 is 4.79 Å². The fourth-order valence-electron chi connectivity index (χ4n) is 1.66. The summed E-state index contributed by atoms with van der Waals surface area (Å²) < 4.78 is 0. The summed E-state index contributed by atoms with van der Waals surface area (Å²) in [4.78, 5) is 13.6. The highest BCUT2D eigenvalue weighted by molar-refractivity contribution is 5.74. The monoisotopic (exact) mass is 208 g/mol. The topological polar surface area (TPSA) is 32.3 Å². The highest BCUT2D eigenvalue weighted by Crippen LogP contribution is 2.38. The molecule has 0 heterocycles. The molecule has 0 bridgehead atoms. The van der Waals surface area contributed by atoms with Gasteiger partial charge in [0, 0.05) is 12.6 Å². The number of rotatable bonds is 4. The molecule has 3 heteroatoms. The summed E-state index contributed by atoms with van der Waals surface area (Å²) in [6.07, 6.45) is 6.35. The summed E-state index contributed by atoms with van der Waals surface area (Å²) in [6.45, 7) is 7.45. The number of carbonyl (C=O) groups is 1. The fraction of sp³-hybridized carbons (Fsp3) is 0.750. The maximum Gasteiger partial charge on any atom is 0.318 e. The number of hydrogen-bond acceptors (Lipinski definition) is 1. The molecule has 0 unspecified atom stereocenters. The Morgan fingerprint density at radius 1 is 1.67 bits per heavy atom. The van der Waals surface area contributed by atoms with E-state index in [2.05, 4.69) is 18.2 Å². The van der Waals surface area contributed by atoms with Gasteiger partial charge in [0.15, 0.2) is 0 Å². The number of carbonyl (C=O) groups excluding carboxylic acids is 1. The van der Waals surface area contributed by atoms with Crippen molar-refractivity contribution in [3.05, 3.63) is 0 Å². The molecule has 15 heavy (non-hydrogen) atoms. The SMILES string of the molecule is C#CCNC(=O)N(C[C@H]1C[C@H]1C)C(C)C. The summed E-state index contributed by atoms with van der Waals surface area (Å²) in [5.41, 5.74) is 0. The van der Waals surface area contributed by atoms with Gasteiger partial charge in [-0.3, -0.25) is 0 Å². The van der Waals surface area contributed by atoms with Crippen LogP contribution >= 0.6 is 0 Å². The molecule has 1 saturated carbocycles. The maximum absolute atomic E-state index is 11.7. The number of nitrogens with zero attached hydrogens (tertiary/aromatic N) is 1. The third-order valence-corrected chi connectivity index (χ3v) is 2.93. The van der Waals surface area contributed by atoms with Crippen molar-refractivity contribution in [3.63, 3.8) is 0 Å². The second kappa shape index (κ2) is 5.06. The average Bonchev–Trinajstić information content (AvgIpc) is 2.86. The van der Waals surface area contributed by atoms with Gasteiger partial charge >= 0.3 is 6.03 Å². The number of hydrogen-bond donors (Lipinski definition) is 1. The molecule has 0 aromatic rings. The van der Waals surface area contributed by atoms with Crippen molar-refractivity contribution in [1.82, 2.24) is 10.2 Å². The Morgan fingerprint density at radius 3 is 2.67 bits per heavy atom. The minimum atomic E-state index is -0.0398. The van der Waals surface area contributed by atoms with E-state index in [-0.39, 0.29) is 12.1 Å². The molecule has 1 aliphatic rings. The molecule has 0 spiro atoms.